The summed E-state index contributed by atoms with van der Waals surface area (Å²) in [5, 5.41) is 0. The van der Waals surface area contributed by atoms with Crippen LogP contribution in [0.15, 0.2) is 12.1 Å². The lowest BCUT2D eigenvalue weighted by atomic mass is 9.96. The van der Waals surface area contributed by atoms with Gasteiger partial charge in [-0.05, 0) is 49.9 Å². The van der Waals surface area contributed by atoms with E-state index in [2.05, 4.69) is 32.9 Å². The molecule has 90 valence electrons. The van der Waals surface area contributed by atoms with Crippen LogP contribution in [0.25, 0.3) is 0 Å². The summed E-state index contributed by atoms with van der Waals surface area (Å²) in [5.41, 5.74) is 9.82. The van der Waals surface area contributed by atoms with Gasteiger partial charge in [0, 0.05) is 6.04 Å². The van der Waals surface area contributed by atoms with Crippen molar-refractivity contribution < 1.29 is 4.74 Å². The van der Waals surface area contributed by atoms with Crippen molar-refractivity contribution in [3.8, 4) is 5.75 Å². The highest BCUT2D eigenvalue weighted by Crippen LogP contribution is 2.27. The first-order valence-electron chi connectivity index (χ1n) is 6.09. The standard InChI is InChI=1S/C14H23NO/c1-5-7-13(15)12-8-11(4)14(16-6-2)9-10(12)3/h8-9,13H,5-7,15H2,1-4H3. The largest absolute Gasteiger partial charge is 0.494 e. The zero-order valence-corrected chi connectivity index (χ0v) is 10.8. The first-order valence-corrected chi connectivity index (χ1v) is 6.09. The van der Waals surface area contributed by atoms with Gasteiger partial charge in [-0.2, -0.15) is 0 Å². The normalized spacial score (nSPS) is 12.6. The minimum atomic E-state index is 0.152. The Morgan fingerprint density at radius 1 is 1.19 bits per heavy atom. The molecule has 1 atom stereocenters. The van der Waals surface area contributed by atoms with Gasteiger partial charge in [0.1, 0.15) is 5.75 Å². The molecule has 0 saturated carbocycles. The highest BCUT2D eigenvalue weighted by Gasteiger charge is 2.11. The van der Waals surface area contributed by atoms with E-state index in [9.17, 15) is 0 Å². The molecule has 0 saturated heterocycles. The van der Waals surface area contributed by atoms with Gasteiger partial charge in [-0.25, -0.2) is 0 Å². The smallest absolute Gasteiger partial charge is 0.122 e. The lowest BCUT2D eigenvalue weighted by Gasteiger charge is -2.17. The summed E-state index contributed by atoms with van der Waals surface area (Å²) < 4.78 is 5.57. The fourth-order valence-electron chi connectivity index (χ4n) is 1.99. The molecule has 0 bridgehead atoms. The van der Waals surface area contributed by atoms with Crippen LogP contribution in [0.3, 0.4) is 0 Å². The van der Waals surface area contributed by atoms with Crippen molar-refractivity contribution in [1.82, 2.24) is 0 Å². The summed E-state index contributed by atoms with van der Waals surface area (Å²) in [5.74, 6) is 0.979. The molecule has 0 aliphatic rings. The second-order valence-corrected chi connectivity index (χ2v) is 4.30. The number of hydrogen-bond acceptors (Lipinski definition) is 2. The molecule has 2 nitrogen and oxygen atoms in total. The van der Waals surface area contributed by atoms with Crippen LogP contribution in [-0.2, 0) is 0 Å². The van der Waals surface area contributed by atoms with Crippen LogP contribution in [0.4, 0.5) is 0 Å². The molecule has 1 aromatic carbocycles. The van der Waals surface area contributed by atoms with Crippen LogP contribution in [0.2, 0.25) is 0 Å². The predicted molar refractivity (Wildman–Crippen MR) is 68.9 cm³/mol. The van der Waals surface area contributed by atoms with E-state index >= 15 is 0 Å². The Kier molecular flexibility index (Phi) is 4.81. The number of aryl methyl sites for hydroxylation is 2. The number of benzene rings is 1. The maximum absolute atomic E-state index is 6.16. The van der Waals surface area contributed by atoms with E-state index in [1.807, 2.05) is 6.92 Å². The summed E-state index contributed by atoms with van der Waals surface area (Å²) in [7, 11) is 0. The van der Waals surface area contributed by atoms with Crippen molar-refractivity contribution in [3.63, 3.8) is 0 Å². The van der Waals surface area contributed by atoms with E-state index in [0.717, 1.165) is 18.6 Å². The molecular formula is C14H23NO. The Hall–Kier alpha value is -1.02. The van der Waals surface area contributed by atoms with Gasteiger partial charge in [-0.1, -0.05) is 19.4 Å². The van der Waals surface area contributed by atoms with Crippen LogP contribution >= 0.6 is 0 Å². The predicted octanol–water partition coefficient (Wildman–Crippen LogP) is 3.50. The lowest BCUT2D eigenvalue weighted by molar-refractivity contribution is 0.337. The van der Waals surface area contributed by atoms with Gasteiger partial charge < -0.3 is 10.5 Å². The van der Waals surface area contributed by atoms with Gasteiger partial charge in [0.05, 0.1) is 6.61 Å². The Balaban J connectivity index is 3.00. The zero-order chi connectivity index (χ0) is 12.1. The number of hydrogen-bond donors (Lipinski definition) is 1. The van der Waals surface area contributed by atoms with Crippen molar-refractivity contribution >= 4 is 0 Å². The summed E-state index contributed by atoms with van der Waals surface area (Å²) in [6, 6.07) is 4.42. The van der Waals surface area contributed by atoms with E-state index in [-0.39, 0.29) is 6.04 Å². The van der Waals surface area contributed by atoms with Crippen LogP contribution in [0.1, 0.15) is 49.4 Å². The molecule has 0 spiro atoms. The van der Waals surface area contributed by atoms with Gasteiger partial charge in [0.2, 0.25) is 0 Å². The van der Waals surface area contributed by atoms with Crippen molar-refractivity contribution in [3.05, 3.63) is 28.8 Å². The maximum Gasteiger partial charge on any atom is 0.122 e. The second-order valence-electron chi connectivity index (χ2n) is 4.30. The van der Waals surface area contributed by atoms with Crippen LogP contribution in [0.5, 0.6) is 5.75 Å². The second kappa shape index (κ2) is 5.90. The van der Waals surface area contributed by atoms with Crippen LogP contribution in [0, 0.1) is 13.8 Å². The minimum Gasteiger partial charge on any atom is -0.494 e. The van der Waals surface area contributed by atoms with Gasteiger partial charge in [-0.15, -0.1) is 0 Å². The Bertz CT molecular complexity index is 347. The van der Waals surface area contributed by atoms with E-state index in [4.69, 9.17) is 10.5 Å². The van der Waals surface area contributed by atoms with E-state index in [0.29, 0.717) is 6.61 Å². The van der Waals surface area contributed by atoms with E-state index < -0.39 is 0 Å². The molecule has 0 heterocycles. The van der Waals surface area contributed by atoms with Crippen LogP contribution in [-0.4, -0.2) is 6.61 Å². The molecule has 2 N–H and O–H groups in total. The van der Waals surface area contributed by atoms with E-state index in [1.165, 1.54) is 16.7 Å². The SMILES string of the molecule is CCCC(N)c1cc(C)c(OCC)cc1C. The molecule has 0 radical (unpaired) electrons. The molecule has 0 fully saturated rings. The Labute approximate surface area is 98.8 Å². The number of ether oxygens (including phenoxy) is 1. The van der Waals surface area contributed by atoms with Gasteiger partial charge in [-0.3, -0.25) is 0 Å². The van der Waals surface area contributed by atoms with Crippen molar-refractivity contribution in [2.75, 3.05) is 6.61 Å². The highest BCUT2D eigenvalue weighted by atomic mass is 16.5. The average molecular weight is 221 g/mol. The summed E-state index contributed by atoms with van der Waals surface area (Å²) >= 11 is 0. The van der Waals surface area contributed by atoms with Gasteiger partial charge in [0.15, 0.2) is 0 Å². The molecule has 2 heteroatoms. The molecule has 16 heavy (non-hydrogen) atoms. The van der Waals surface area contributed by atoms with Crippen molar-refractivity contribution in [2.24, 2.45) is 5.73 Å². The summed E-state index contributed by atoms with van der Waals surface area (Å²) in [4.78, 5) is 0. The quantitative estimate of drug-likeness (QED) is 0.826. The first-order chi connectivity index (χ1) is 7.60. The molecule has 0 aliphatic heterocycles. The average Bonchev–Trinajstić information content (AvgIpc) is 2.23. The third-order valence-corrected chi connectivity index (χ3v) is 2.86. The third kappa shape index (κ3) is 2.99. The zero-order valence-electron chi connectivity index (χ0n) is 10.8. The molecule has 1 aromatic rings. The number of rotatable bonds is 5. The maximum atomic E-state index is 6.16. The topological polar surface area (TPSA) is 35.2 Å². The lowest BCUT2D eigenvalue weighted by Crippen LogP contribution is -2.12. The Morgan fingerprint density at radius 2 is 1.88 bits per heavy atom. The molecule has 1 unspecified atom stereocenters. The van der Waals surface area contributed by atoms with Gasteiger partial charge >= 0.3 is 0 Å². The molecule has 1 rings (SSSR count). The molecule has 0 aliphatic carbocycles. The summed E-state index contributed by atoms with van der Waals surface area (Å²) in [6.07, 6.45) is 2.15. The highest BCUT2D eigenvalue weighted by molar-refractivity contribution is 5.42. The van der Waals surface area contributed by atoms with E-state index in [1.54, 1.807) is 0 Å². The number of nitrogens with two attached hydrogens (primary N) is 1. The fourth-order valence-corrected chi connectivity index (χ4v) is 1.99. The monoisotopic (exact) mass is 221 g/mol. The van der Waals surface area contributed by atoms with Crippen molar-refractivity contribution in [2.45, 2.75) is 46.6 Å². The molecule has 0 amide bonds. The first kappa shape index (κ1) is 13.0. The van der Waals surface area contributed by atoms with Gasteiger partial charge in [0.25, 0.3) is 0 Å². The Morgan fingerprint density at radius 3 is 2.44 bits per heavy atom. The molecular weight excluding hydrogens is 198 g/mol. The van der Waals surface area contributed by atoms with Crippen LogP contribution < -0.4 is 10.5 Å². The molecule has 0 aromatic heterocycles. The third-order valence-electron chi connectivity index (χ3n) is 2.86. The summed E-state index contributed by atoms with van der Waals surface area (Å²) in [6.45, 7) is 9.06. The minimum absolute atomic E-state index is 0.152. The fraction of sp³-hybridized carbons (Fsp3) is 0.571. The van der Waals surface area contributed by atoms with Crippen molar-refractivity contribution in [1.29, 1.82) is 0 Å².